The van der Waals surface area contributed by atoms with E-state index in [0.717, 1.165) is 25.8 Å². The summed E-state index contributed by atoms with van der Waals surface area (Å²) >= 11 is 0. The standard InChI is InChI=1S/C13H23N3O2/c1-9-5-13(6-9,8-14)12(18)16-4-3-11(7-16)15-10(2)17/h9,11H,3-8,14H2,1-2H3,(H,15,17). The predicted molar refractivity (Wildman–Crippen MR) is 68.7 cm³/mol. The molecule has 0 aromatic rings. The number of nitrogens with zero attached hydrogens (tertiary/aromatic N) is 1. The maximum Gasteiger partial charge on any atom is 0.230 e. The Bertz CT molecular complexity index is 350. The van der Waals surface area contributed by atoms with E-state index in [1.54, 1.807) is 0 Å². The van der Waals surface area contributed by atoms with Crippen LogP contribution in [0.5, 0.6) is 0 Å². The lowest BCUT2D eigenvalue weighted by molar-refractivity contribution is -0.148. The molecule has 3 N–H and O–H groups in total. The first-order valence-electron chi connectivity index (χ1n) is 6.73. The zero-order chi connectivity index (χ0) is 13.3. The summed E-state index contributed by atoms with van der Waals surface area (Å²) in [7, 11) is 0. The molecule has 1 atom stereocenters. The van der Waals surface area contributed by atoms with E-state index < -0.39 is 0 Å². The van der Waals surface area contributed by atoms with Gasteiger partial charge in [0.25, 0.3) is 0 Å². The molecule has 0 aromatic heterocycles. The number of nitrogens with two attached hydrogens (primary N) is 1. The minimum atomic E-state index is -0.315. The van der Waals surface area contributed by atoms with Crippen LogP contribution in [0.1, 0.15) is 33.1 Å². The Hall–Kier alpha value is -1.10. The summed E-state index contributed by atoms with van der Waals surface area (Å²) < 4.78 is 0. The molecule has 0 spiro atoms. The minimum absolute atomic E-state index is 0.0277. The summed E-state index contributed by atoms with van der Waals surface area (Å²) in [4.78, 5) is 25.4. The SMILES string of the molecule is CC(=O)NC1CCN(C(=O)C2(CN)CC(C)C2)C1. The molecule has 2 amide bonds. The van der Waals surface area contributed by atoms with E-state index in [9.17, 15) is 9.59 Å². The zero-order valence-corrected chi connectivity index (χ0v) is 11.2. The largest absolute Gasteiger partial charge is 0.352 e. The second kappa shape index (κ2) is 4.88. The van der Waals surface area contributed by atoms with Gasteiger partial charge in [-0.25, -0.2) is 0 Å². The van der Waals surface area contributed by atoms with Crippen molar-refractivity contribution in [3.8, 4) is 0 Å². The minimum Gasteiger partial charge on any atom is -0.352 e. The van der Waals surface area contributed by atoms with E-state index in [4.69, 9.17) is 5.73 Å². The zero-order valence-electron chi connectivity index (χ0n) is 11.2. The van der Waals surface area contributed by atoms with Gasteiger partial charge >= 0.3 is 0 Å². The molecule has 0 bridgehead atoms. The maximum absolute atomic E-state index is 12.5. The Balaban J connectivity index is 1.93. The molecule has 0 aromatic carbocycles. The number of carbonyl (C=O) groups excluding carboxylic acids is 2. The van der Waals surface area contributed by atoms with Crippen molar-refractivity contribution in [2.24, 2.45) is 17.1 Å². The van der Waals surface area contributed by atoms with Gasteiger partial charge < -0.3 is 16.0 Å². The fraction of sp³-hybridized carbons (Fsp3) is 0.846. The van der Waals surface area contributed by atoms with E-state index >= 15 is 0 Å². The van der Waals surface area contributed by atoms with Crippen LogP contribution in [0.25, 0.3) is 0 Å². The molecule has 18 heavy (non-hydrogen) atoms. The van der Waals surface area contributed by atoms with Gasteiger partial charge in [-0.15, -0.1) is 0 Å². The first-order valence-corrected chi connectivity index (χ1v) is 6.73. The number of nitrogens with one attached hydrogen (secondary N) is 1. The van der Waals surface area contributed by atoms with Gasteiger partial charge in [0.2, 0.25) is 11.8 Å². The maximum atomic E-state index is 12.5. The summed E-state index contributed by atoms with van der Waals surface area (Å²) in [6, 6.07) is 0.110. The fourth-order valence-corrected chi connectivity index (χ4v) is 3.39. The van der Waals surface area contributed by atoms with Crippen molar-refractivity contribution in [1.29, 1.82) is 0 Å². The number of hydrogen-bond acceptors (Lipinski definition) is 3. The summed E-state index contributed by atoms with van der Waals surface area (Å²) in [5.74, 6) is 0.766. The average Bonchev–Trinajstić information content (AvgIpc) is 2.71. The van der Waals surface area contributed by atoms with Crippen LogP contribution in [0.15, 0.2) is 0 Å². The summed E-state index contributed by atoms with van der Waals surface area (Å²) in [5.41, 5.74) is 5.48. The summed E-state index contributed by atoms with van der Waals surface area (Å²) in [6.07, 6.45) is 2.66. The number of carbonyl (C=O) groups is 2. The molecule has 1 heterocycles. The Morgan fingerprint density at radius 1 is 1.44 bits per heavy atom. The van der Waals surface area contributed by atoms with Crippen LogP contribution in [-0.2, 0) is 9.59 Å². The van der Waals surface area contributed by atoms with Gasteiger partial charge in [-0.2, -0.15) is 0 Å². The third kappa shape index (κ3) is 2.36. The lowest BCUT2D eigenvalue weighted by Crippen LogP contribution is -2.54. The molecular weight excluding hydrogens is 230 g/mol. The van der Waals surface area contributed by atoms with Gasteiger partial charge in [0.15, 0.2) is 0 Å². The second-order valence-electron chi connectivity index (χ2n) is 5.94. The fourth-order valence-electron chi connectivity index (χ4n) is 3.39. The Morgan fingerprint density at radius 2 is 2.11 bits per heavy atom. The van der Waals surface area contributed by atoms with Crippen LogP contribution >= 0.6 is 0 Å². The Labute approximate surface area is 108 Å². The van der Waals surface area contributed by atoms with Crippen molar-refractivity contribution >= 4 is 11.8 Å². The highest BCUT2D eigenvalue weighted by Crippen LogP contribution is 2.46. The van der Waals surface area contributed by atoms with Crippen molar-refractivity contribution in [3.05, 3.63) is 0 Å². The summed E-state index contributed by atoms with van der Waals surface area (Å²) in [6.45, 7) is 5.48. The molecule has 1 saturated carbocycles. The average molecular weight is 253 g/mol. The molecule has 2 rings (SSSR count). The Kier molecular flexibility index (Phi) is 3.61. The normalized spacial score (nSPS) is 35.2. The molecule has 0 radical (unpaired) electrons. The molecule has 102 valence electrons. The van der Waals surface area contributed by atoms with Crippen LogP contribution in [0.4, 0.5) is 0 Å². The lowest BCUT2D eigenvalue weighted by atomic mass is 9.62. The smallest absolute Gasteiger partial charge is 0.230 e. The van der Waals surface area contributed by atoms with Crippen LogP contribution in [0, 0.1) is 11.3 Å². The van der Waals surface area contributed by atoms with E-state index in [2.05, 4.69) is 12.2 Å². The summed E-state index contributed by atoms with van der Waals surface area (Å²) in [5, 5.41) is 2.88. The highest BCUT2D eigenvalue weighted by Gasteiger charge is 2.49. The molecule has 1 aliphatic carbocycles. The molecular formula is C13H23N3O2. The molecule has 1 aliphatic heterocycles. The molecule has 1 unspecified atom stereocenters. The van der Waals surface area contributed by atoms with Crippen molar-refractivity contribution in [3.63, 3.8) is 0 Å². The van der Waals surface area contributed by atoms with Crippen LogP contribution in [-0.4, -0.2) is 42.4 Å². The van der Waals surface area contributed by atoms with Crippen LogP contribution in [0.3, 0.4) is 0 Å². The van der Waals surface area contributed by atoms with E-state index in [0.29, 0.717) is 19.0 Å². The third-order valence-corrected chi connectivity index (χ3v) is 4.21. The molecule has 5 heteroatoms. The lowest BCUT2D eigenvalue weighted by Gasteiger charge is -2.46. The first kappa shape index (κ1) is 13.3. The van der Waals surface area contributed by atoms with Crippen molar-refractivity contribution in [1.82, 2.24) is 10.2 Å². The van der Waals surface area contributed by atoms with E-state index in [-0.39, 0.29) is 23.3 Å². The van der Waals surface area contributed by atoms with Crippen LogP contribution in [0.2, 0.25) is 0 Å². The monoisotopic (exact) mass is 253 g/mol. The van der Waals surface area contributed by atoms with Crippen LogP contribution < -0.4 is 11.1 Å². The van der Waals surface area contributed by atoms with Crippen molar-refractivity contribution < 1.29 is 9.59 Å². The van der Waals surface area contributed by atoms with Crippen molar-refractivity contribution in [2.75, 3.05) is 19.6 Å². The van der Waals surface area contributed by atoms with Gasteiger partial charge in [0, 0.05) is 32.6 Å². The predicted octanol–water partition coefficient (Wildman–Crippen LogP) is 0.0984. The second-order valence-corrected chi connectivity index (χ2v) is 5.94. The number of hydrogen-bond donors (Lipinski definition) is 2. The van der Waals surface area contributed by atoms with Gasteiger partial charge in [-0.1, -0.05) is 6.92 Å². The first-order chi connectivity index (χ1) is 8.47. The third-order valence-electron chi connectivity index (χ3n) is 4.21. The molecule has 5 nitrogen and oxygen atoms in total. The van der Waals surface area contributed by atoms with E-state index in [1.165, 1.54) is 6.92 Å². The Morgan fingerprint density at radius 3 is 2.61 bits per heavy atom. The molecule has 2 aliphatic rings. The highest BCUT2D eigenvalue weighted by atomic mass is 16.2. The van der Waals surface area contributed by atoms with Gasteiger partial charge in [0.1, 0.15) is 0 Å². The number of rotatable bonds is 3. The molecule has 1 saturated heterocycles. The topological polar surface area (TPSA) is 75.4 Å². The van der Waals surface area contributed by atoms with Gasteiger partial charge in [-0.3, -0.25) is 9.59 Å². The van der Waals surface area contributed by atoms with Gasteiger partial charge in [0.05, 0.1) is 5.41 Å². The number of likely N-dealkylation sites (tertiary alicyclic amines) is 1. The van der Waals surface area contributed by atoms with Gasteiger partial charge in [-0.05, 0) is 25.2 Å². The van der Waals surface area contributed by atoms with E-state index in [1.807, 2.05) is 4.90 Å². The molecule has 2 fully saturated rings. The quantitative estimate of drug-likeness (QED) is 0.749. The highest BCUT2D eigenvalue weighted by molar-refractivity contribution is 5.84. The number of amides is 2. The van der Waals surface area contributed by atoms with Crippen molar-refractivity contribution in [2.45, 2.75) is 39.2 Å².